The smallest absolute Gasteiger partial charge is 0.217 e. The monoisotopic (exact) mass is 317 g/mol. The van der Waals surface area contributed by atoms with E-state index in [2.05, 4.69) is 5.32 Å². The Balaban J connectivity index is 2.95. The van der Waals surface area contributed by atoms with Crippen molar-refractivity contribution >= 4 is 12.2 Å². The number of rotatable bonds is 8. The van der Waals surface area contributed by atoms with Crippen molar-refractivity contribution in [1.82, 2.24) is 5.32 Å². The van der Waals surface area contributed by atoms with Crippen LogP contribution in [-0.2, 0) is 23.8 Å². The lowest BCUT2D eigenvalue weighted by molar-refractivity contribution is -0.141. The van der Waals surface area contributed by atoms with Gasteiger partial charge in [-0.15, -0.1) is 0 Å². The van der Waals surface area contributed by atoms with Crippen LogP contribution in [0.1, 0.15) is 13.8 Å². The number of methoxy groups -OCH3 is 1. The maximum absolute atomic E-state index is 11.3. The van der Waals surface area contributed by atoms with Gasteiger partial charge >= 0.3 is 0 Å². The lowest BCUT2D eigenvalue weighted by Crippen LogP contribution is -2.59. The Morgan fingerprint density at radius 3 is 2.77 bits per heavy atom. The van der Waals surface area contributed by atoms with E-state index in [1.807, 2.05) is 0 Å². The van der Waals surface area contributed by atoms with E-state index < -0.39 is 36.4 Å². The van der Waals surface area contributed by atoms with Crippen LogP contribution >= 0.6 is 0 Å². The molecule has 8 heteroatoms. The van der Waals surface area contributed by atoms with E-state index in [1.165, 1.54) is 20.1 Å². The van der Waals surface area contributed by atoms with Gasteiger partial charge in [0.15, 0.2) is 18.1 Å². The molecule has 0 aliphatic carbocycles. The number of hydrogen-bond acceptors (Lipinski definition) is 7. The Morgan fingerprint density at radius 1 is 1.59 bits per heavy atom. The van der Waals surface area contributed by atoms with Crippen LogP contribution in [0.2, 0.25) is 0 Å². The zero-order valence-corrected chi connectivity index (χ0v) is 12.9. The highest BCUT2D eigenvalue weighted by Gasteiger charge is 2.42. The Morgan fingerprint density at radius 2 is 2.27 bits per heavy atom. The molecule has 2 unspecified atom stereocenters. The second-order valence-electron chi connectivity index (χ2n) is 4.91. The van der Waals surface area contributed by atoms with Gasteiger partial charge in [-0.05, 0) is 13.0 Å². The van der Waals surface area contributed by atoms with Crippen LogP contribution in [0.5, 0.6) is 0 Å². The average molecular weight is 317 g/mol. The first-order chi connectivity index (χ1) is 10.4. The first-order valence-electron chi connectivity index (χ1n) is 7.02. The normalized spacial score (nSPS) is 27.3. The molecule has 0 radical (unpaired) electrons. The van der Waals surface area contributed by atoms with Crippen LogP contribution in [0.15, 0.2) is 11.8 Å². The molecule has 1 amide bonds. The van der Waals surface area contributed by atoms with E-state index >= 15 is 0 Å². The molecule has 1 heterocycles. The lowest BCUT2D eigenvalue weighted by atomic mass is 9.94. The molecule has 0 aromatic rings. The fourth-order valence-electron chi connectivity index (χ4n) is 2.24. The maximum Gasteiger partial charge on any atom is 0.217 e. The fourth-order valence-corrected chi connectivity index (χ4v) is 2.24. The number of aliphatic hydroxyl groups is 2. The molecule has 22 heavy (non-hydrogen) atoms. The first kappa shape index (κ1) is 18.6. The van der Waals surface area contributed by atoms with Gasteiger partial charge in [-0.1, -0.05) is 0 Å². The second-order valence-corrected chi connectivity index (χ2v) is 4.91. The molecule has 0 bridgehead atoms. The molecule has 3 N–H and O–H groups in total. The number of carbonyl (C=O) groups is 2. The largest absolute Gasteiger partial charge is 0.482 e. The van der Waals surface area contributed by atoms with Gasteiger partial charge in [0.2, 0.25) is 5.91 Å². The molecular weight excluding hydrogens is 294 g/mol. The summed E-state index contributed by atoms with van der Waals surface area (Å²) in [4.78, 5) is 22.2. The van der Waals surface area contributed by atoms with E-state index in [0.29, 0.717) is 12.9 Å². The molecule has 0 saturated carbocycles. The molecule has 5 atom stereocenters. The molecule has 1 rings (SSSR count). The number of ether oxygens (including phenoxy) is 3. The summed E-state index contributed by atoms with van der Waals surface area (Å²) in [6, 6.07) is -0.907. The fraction of sp³-hybridized carbons (Fsp3) is 0.714. The van der Waals surface area contributed by atoms with E-state index in [9.17, 15) is 19.8 Å². The van der Waals surface area contributed by atoms with Crippen LogP contribution in [0.4, 0.5) is 0 Å². The second kappa shape index (κ2) is 8.84. The van der Waals surface area contributed by atoms with Gasteiger partial charge in [-0.2, -0.15) is 0 Å². The summed E-state index contributed by atoms with van der Waals surface area (Å²) in [5.74, 6) is -0.504. The van der Waals surface area contributed by atoms with Gasteiger partial charge in [-0.25, -0.2) is 0 Å². The molecule has 126 valence electrons. The van der Waals surface area contributed by atoms with Crippen molar-refractivity contribution < 1.29 is 34.0 Å². The number of aliphatic hydroxyl groups excluding tert-OH is 2. The minimum absolute atomic E-state index is 0.107. The van der Waals surface area contributed by atoms with Crippen molar-refractivity contribution in [2.24, 2.45) is 0 Å². The zero-order chi connectivity index (χ0) is 16.7. The molecule has 0 spiro atoms. The lowest BCUT2D eigenvalue weighted by Gasteiger charge is -2.38. The first-order valence-corrected chi connectivity index (χ1v) is 7.02. The van der Waals surface area contributed by atoms with Crippen molar-refractivity contribution in [3.8, 4) is 0 Å². The third kappa shape index (κ3) is 4.77. The Labute approximate surface area is 129 Å². The Kier molecular flexibility index (Phi) is 7.46. The SMILES string of the molecule is CCOC[C@@H](OC)[C@@H](O)C1OC(C=O)=CC(O)[C@H]1NC(C)=O. The molecule has 1 aliphatic heterocycles. The molecule has 0 aromatic carbocycles. The molecule has 0 saturated heterocycles. The molecular formula is C14H23NO7. The predicted octanol–water partition coefficient (Wildman–Crippen LogP) is -1.25. The number of carbonyl (C=O) groups excluding carboxylic acids is 2. The van der Waals surface area contributed by atoms with Crippen LogP contribution in [0.25, 0.3) is 0 Å². The van der Waals surface area contributed by atoms with Crippen LogP contribution in [0, 0.1) is 0 Å². The summed E-state index contributed by atoms with van der Waals surface area (Å²) in [6.45, 7) is 3.63. The van der Waals surface area contributed by atoms with Crippen molar-refractivity contribution in [2.45, 2.75) is 44.3 Å². The zero-order valence-electron chi connectivity index (χ0n) is 12.9. The highest BCUT2D eigenvalue weighted by molar-refractivity contribution is 5.74. The third-order valence-electron chi connectivity index (χ3n) is 3.32. The Hall–Kier alpha value is -1.48. The van der Waals surface area contributed by atoms with E-state index in [-0.39, 0.29) is 12.4 Å². The third-order valence-corrected chi connectivity index (χ3v) is 3.32. The highest BCUT2D eigenvalue weighted by atomic mass is 16.5. The van der Waals surface area contributed by atoms with E-state index in [0.717, 1.165) is 0 Å². The quantitative estimate of drug-likeness (QED) is 0.479. The molecule has 0 fully saturated rings. The van der Waals surface area contributed by atoms with Gasteiger partial charge in [-0.3, -0.25) is 9.59 Å². The van der Waals surface area contributed by atoms with E-state index in [1.54, 1.807) is 6.92 Å². The number of allylic oxidation sites excluding steroid dienone is 1. The molecule has 0 aromatic heterocycles. The van der Waals surface area contributed by atoms with Crippen molar-refractivity contribution in [1.29, 1.82) is 0 Å². The summed E-state index contributed by atoms with van der Waals surface area (Å²) >= 11 is 0. The number of amides is 1. The van der Waals surface area contributed by atoms with Gasteiger partial charge in [0.05, 0.1) is 18.8 Å². The van der Waals surface area contributed by atoms with Gasteiger partial charge in [0.1, 0.15) is 12.2 Å². The summed E-state index contributed by atoms with van der Waals surface area (Å²) < 4.78 is 15.8. The molecule has 8 nitrogen and oxygen atoms in total. The summed E-state index contributed by atoms with van der Waals surface area (Å²) in [5.41, 5.74) is 0. The van der Waals surface area contributed by atoms with Crippen LogP contribution in [0.3, 0.4) is 0 Å². The molecule has 1 aliphatic rings. The minimum atomic E-state index is -1.22. The van der Waals surface area contributed by atoms with Crippen LogP contribution < -0.4 is 5.32 Å². The van der Waals surface area contributed by atoms with Gasteiger partial charge in [0.25, 0.3) is 0 Å². The number of aldehydes is 1. The summed E-state index contributed by atoms with van der Waals surface area (Å²) in [7, 11) is 1.40. The number of nitrogens with one attached hydrogen (secondary N) is 1. The van der Waals surface area contributed by atoms with Crippen molar-refractivity contribution in [3.05, 3.63) is 11.8 Å². The van der Waals surface area contributed by atoms with Gasteiger partial charge < -0.3 is 29.7 Å². The standard InChI is InChI=1S/C14H23NO7/c1-4-21-7-11(20-3)13(19)14-12(15-8(2)17)10(18)5-9(6-16)22-14/h5-6,10-14,18-19H,4,7H2,1-3H3,(H,15,17)/t10?,11-,12-,13-,14?/m1/s1. The minimum Gasteiger partial charge on any atom is -0.482 e. The summed E-state index contributed by atoms with van der Waals surface area (Å²) in [5, 5.41) is 23.0. The van der Waals surface area contributed by atoms with Gasteiger partial charge in [0, 0.05) is 20.6 Å². The average Bonchev–Trinajstić information content (AvgIpc) is 2.49. The summed E-state index contributed by atoms with van der Waals surface area (Å²) in [6.07, 6.45) is -2.55. The maximum atomic E-state index is 11.3. The Bertz CT molecular complexity index is 412. The predicted molar refractivity (Wildman–Crippen MR) is 75.9 cm³/mol. The van der Waals surface area contributed by atoms with Crippen LogP contribution in [-0.4, -0.2) is 73.2 Å². The van der Waals surface area contributed by atoms with E-state index in [4.69, 9.17) is 14.2 Å². The number of hydrogen-bond donors (Lipinski definition) is 3. The topological polar surface area (TPSA) is 114 Å². The highest BCUT2D eigenvalue weighted by Crippen LogP contribution is 2.22. The van der Waals surface area contributed by atoms with Crippen molar-refractivity contribution in [3.63, 3.8) is 0 Å². The van der Waals surface area contributed by atoms with Crippen molar-refractivity contribution in [2.75, 3.05) is 20.3 Å².